The van der Waals surface area contributed by atoms with Crippen LogP contribution in [0, 0.1) is 10.8 Å². The van der Waals surface area contributed by atoms with E-state index in [2.05, 4.69) is 49.9 Å². The van der Waals surface area contributed by atoms with Crippen molar-refractivity contribution in [2.75, 3.05) is 0 Å². The molecule has 0 atom stereocenters. The van der Waals surface area contributed by atoms with Gasteiger partial charge in [-0.25, -0.2) is 20.0 Å². The highest BCUT2D eigenvalue weighted by Crippen LogP contribution is 2.27. The molecule has 10 N–H and O–H groups in total. The first-order valence-corrected chi connectivity index (χ1v) is 17.8. The van der Waals surface area contributed by atoms with E-state index in [9.17, 15) is 25.9 Å². The van der Waals surface area contributed by atoms with Gasteiger partial charge in [0.05, 0.1) is 22.7 Å². The second-order valence-corrected chi connectivity index (χ2v) is 13.5. The predicted molar refractivity (Wildman–Crippen MR) is 186 cm³/mol. The minimum absolute atomic E-state index is 0.0331. The third-order valence-corrected chi connectivity index (χ3v) is 8.73. The number of para-hydroxylation sites is 2. The maximum absolute atomic E-state index is 12.4. The molecule has 18 nitrogen and oxygen atoms in total. The third kappa shape index (κ3) is 9.08. The summed E-state index contributed by atoms with van der Waals surface area (Å²) >= 11 is 0. The number of benzene rings is 4. The molecule has 4 aromatic carbocycles. The molecule has 0 saturated carbocycles. The summed E-state index contributed by atoms with van der Waals surface area (Å²) in [6, 6.07) is 25.5. The first-order chi connectivity index (χ1) is 24.8. The molecule has 0 aliphatic heterocycles. The Bertz CT molecular complexity index is 2760. The number of hydrogen-bond acceptors (Lipinski definition) is 10. The molecule has 0 saturated heterocycles. The van der Waals surface area contributed by atoms with Gasteiger partial charge in [-0.05, 0) is 59.7 Å². The number of nitrogens with one attached hydrogen (secondary N) is 8. The zero-order valence-corrected chi connectivity index (χ0v) is 28.2. The third-order valence-electron chi connectivity index (χ3n) is 6.92. The second kappa shape index (κ2) is 14.6. The van der Waals surface area contributed by atoms with Crippen LogP contribution >= 0.6 is 0 Å². The second-order valence-electron chi connectivity index (χ2n) is 10.7. The van der Waals surface area contributed by atoms with Crippen molar-refractivity contribution in [3.8, 4) is 0 Å². The van der Waals surface area contributed by atoms with Gasteiger partial charge in [0.15, 0.2) is 0 Å². The molecule has 6 aromatic rings. The fourth-order valence-electron chi connectivity index (χ4n) is 4.72. The van der Waals surface area contributed by atoms with Crippen LogP contribution in [0.4, 0.5) is 22.7 Å². The van der Waals surface area contributed by atoms with E-state index in [0.717, 1.165) is 12.1 Å². The van der Waals surface area contributed by atoms with Crippen LogP contribution in [-0.2, 0) is 20.2 Å². The van der Waals surface area contributed by atoms with Crippen LogP contribution in [0.3, 0.4) is 0 Å². The Morgan fingerprint density at radius 2 is 0.788 bits per heavy atom. The first kappa shape index (κ1) is 35.1. The minimum Gasteiger partial charge on any atom is -0.296 e. The molecule has 2 heterocycles. The van der Waals surface area contributed by atoms with Gasteiger partial charge >= 0.3 is 0 Å². The van der Waals surface area contributed by atoms with Gasteiger partial charge in [0.2, 0.25) is 33.7 Å². The lowest BCUT2D eigenvalue weighted by Gasteiger charge is -2.07. The molecular formula is C32H28N12O6S2. The number of aromatic nitrogens is 6. The fourth-order valence-corrected chi connectivity index (χ4v) is 6.12. The van der Waals surface area contributed by atoms with Gasteiger partial charge in [0.1, 0.15) is 9.79 Å². The van der Waals surface area contributed by atoms with E-state index in [1.54, 1.807) is 48.5 Å². The fraction of sp³-hybridized carbons (Fsp3) is 0. The number of H-pyrrole nitrogens is 6. The monoisotopic (exact) mass is 740 g/mol. The highest BCUT2D eigenvalue weighted by atomic mass is 32.2. The topological polar surface area (TPSA) is 301 Å². The van der Waals surface area contributed by atoms with Crippen LogP contribution in [0.25, 0.3) is 12.2 Å². The zero-order valence-electron chi connectivity index (χ0n) is 26.5. The highest BCUT2D eigenvalue weighted by molar-refractivity contribution is 7.86. The molecule has 0 aliphatic rings. The van der Waals surface area contributed by atoms with Gasteiger partial charge in [0, 0.05) is 0 Å². The standard InChI is InChI=1S/C32H28N12O6S2/c33-27-39-29(35-21-7-3-1-4-8-21)43-31(41-27)37-23-15-13-19(25(17-23)51(45,46)47)11-12-20-14-16-24(18-26(20)52(48,49)50)38-32-42-28(34)40-30(44-32)36-22-9-5-2-6-10-22/h1-18H,(H,45,46,47)(H,48,49,50)(H4,33,35,37,39,41,43)(H4,34,36,38,40,42,44)/b12-11+. The molecule has 6 rings (SSSR count). The van der Waals surface area contributed by atoms with Gasteiger partial charge < -0.3 is 0 Å². The van der Waals surface area contributed by atoms with Gasteiger partial charge in [-0.3, -0.25) is 49.8 Å². The Balaban J connectivity index is 1.36. The van der Waals surface area contributed by atoms with Crippen molar-refractivity contribution in [1.82, 2.24) is 29.9 Å². The molecule has 0 spiro atoms. The van der Waals surface area contributed by atoms with E-state index < -0.39 is 30.0 Å². The predicted octanol–water partition coefficient (Wildman–Crippen LogP) is 2.21. The lowest BCUT2D eigenvalue weighted by molar-refractivity contribution is 0.480. The van der Waals surface area contributed by atoms with Crippen LogP contribution in [0.5, 0.6) is 0 Å². The van der Waals surface area contributed by atoms with Crippen LogP contribution in [0.1, 0.15) is 11.1 Å². The summed E-state index contributed by atoms with van der Waals surface area (Å²) in [6.45, 7) is 0. The smallest absolute Gasteiger partial charge is 0.295 e. The summed E-state index contributed by atoms with van der Waals surface area (Å²) in [5.74, 6) is 0. The Kier molecular flexibility index (Phi) is 9.87. The van der Waals surface area contributed by atoms with Gasteiger partial charge in [-0.15, -0.1) is 0 Å². The molecule has 0 aliphatic carbocycles. The van der Waals surface area contributed by atoms with Crippen molar-refractivity contribution in [3.05, 3.63) is 142 Å². The SMILES string of the molecule is N=c1[nH]c(=Nc2ccccc2)[nH]c(=Nc2ccc(/C=C/c3ccc(N=c4[nH]c(=N)[nH]c(=Nc5ccccc5)[nH]4)cc3S(=O)(=O)O)c(S(=O)(=O)O)c2)[nH]1. The average Bonchev–Trinajstić information content (AvgIpc) is 3.07. The molecule has 264 valence electrons. The van der Waals surface area contributed by atoms with E-state index >= 15 is 0 Å². The molecule has 52 heavy (non-hydrogen) atoms. The van der Waals surface area contributed by atoms with Crippen molar-refractivity contribution in [2.45, 2.75) is 9.79 Å². The maximum atomic E-state index is 12.4. The number of hydrogen-bond donors (Lipinski definition) is 10. The Morgan fingerprint density at radius 1 is 0.462 bits per heavy atom. The Morgan fingerprint density at radius 3 is 1.12 bits per heavy atom. The van der Waals surface area contributed by atoms with Gasteiger partial charge in [-0.1, -0.05) is 60.7 Å². The van der Waals surface area contributed by atoms with E-state index in [0.29, 0.717) is 11.4 Å². The molecule has 20 heteroatoms. The average molecular weight is 741 g/mol. The summed E-state index contributed by atoms with van der Waals surface area (Å²) < 4.78 is 69.7. The Labute approximate surface area is 292 Å². The molecule has 0 fully saturated rings. The normalized spacial score (nSPS) is 13.7. The Hall–Kier alpha value is -6.74. The van der Waals surface area contributed by atoms with Crippen LogP contribution in [0.2, 0.25) is 0 Å². The number of aromatic amines is 6. The molecule has 0 bridgehead atoms. The molecular weight excluding hydrogens is 713 g/mol. The summed E-state index contributed by atoms with van der Waals surface area (Å²) in [5.41, 5.74) is 1.39. The quantitative estimate of drug-likeness (QED) is 0.0823. The van der Waals surface area contributed by atoms with Gasteiger partial charge in [0.25, 0.3) is 20.2 Å². The van der Waals surface area contributed by atoms with E-state index in [4.69, 9.17) is 10.8 Å². The number of rotatable bonds is 8. The minimum atomic E-state index is -4.83. The van der Waals surface area contributed by atoms with Crippen LogP contribution in [-0.4, -0.2) is 55.8 Å². The van der Waals surface area contributed by atoms with Crippen molar-refractivity contribution >= 4 is 55.1 Å². The largest absolute Gasteiger partial charge is 0.296 e. The molecule has 0 amide bonds. The van der Waals surface area contributed by atoms with Crippen molar-refractivity contribution in [3.63, 3.8) is 0 Å². The van der Waals surface area contributed by atoms with Crippen molar-refractivity contribution in [1.29, 1.82) is 10.8 Å². The first-order valence-electron chi connectivity index (χ1n) is 14.9. The maximum Gasteiger partial charge on any atom is 0.295 e. The molecule has 0 unspecified atom stereocenters. The molecule has 0 radical (unpaired) electrons. The number of nitrogens with zero attached hydrogens (tertiary/aromatic N) is 4. The van der Waals surface area contributed by atoms with Crippen LogP contribution < -0.4 is 33.7 Å². The summed E-state index contributed by atoms with van der Waals surface area (Å²) in [5, 5.41) is 16.1. The molecule has 2 aromatic heterocycles. The summed E-state index contributed by atoms with van der Waals surface area (Å²) in [7, 11) is -9.65. The van der Waals surface area contributed by atoms with E-state index in [1.807, 2.05) is 12.1 Å². The lowest BCUT2D eigenvalue weighted by Crippen LogP contribution is -2.36. The summed E-state index contributed by atoms with van der Waals surface area (Å²) in [4.78, 5) is 32.6. The lowest BCUT2D eigenvalue weighted by atomic mass is 10.1. The van der Waals surface area contributed by atoms with E-state index in [1.165, 1.54) is 36.4 Å². The van der Waals surface area contributed by atoms with Gasteiger partial charge in [-0.2, -0.15) is 16.8 Å². The van der Waals surface area contributed by atoms with E-state index in [-0.39, 0.29) is 56.2 Å². The zero-order chi connectivity index (χ0) is 36.9. The van der Waals surface area contributed by atoms with Crippen molar-refractivity contribution in [2.24, 2.45) is 20.0 Å². The van der Waals surface area contributed by atoms with Crippen molar-refractivity contribution < 1.29 is 25.9 Å². The van der Waals surface area contributed by atoms with Crippen LogP contribution in [0.15, 0.2) is 127 Å². The highest BCUT2D eigenvalue weighted by Gasteiger charge is 2.17. The summed E-state index contributed by atoms with van der Waals surface area (Å²) in [6.07, 6.45) is 2.47.